The molecule has 0 spiro atoms. The number of aldehydes is 1. The molecule has 0 saturated heterocycles. The zero-order valence-electron chi connectivity index (χ0n) is 17.6. The van der Waals surface area contributed by atoms with Crippen LogP contribution in [0.15, 0.2) is 30.3 Å². The summed E-state index contributed by atoms with van der Waals surface area (Å²) in [5.74, 6) is 0.346. The van der Waals surface area contributed by atoms with E-state index < -0.39 is 11.9 Å². The molecule has 1 atom stereocenters. The Bertz CT molecular complexity index is 1030. The molecule has 1 heterocycles. The normalized spacial score (nSPS) is 15.5. The molecule has 0 aromatic heterocycles. The number of primary amides is 1. The van der Waals surface area contributed by atoms with Gasteiger partial charge in [-0.1, -0.05) is 12.1 Å². The highest BCUT2D eigenvalue weighted by Gasteiger charge is 2.29. The van der Waals surface area contributed by atoms with Crippen molar-refractivity contribution in [1.82, 2.24) is 4.90 Å². The van der Waals surface area contributed by atoms with E-state index in [4.69, 9.17) is 15.2 Å². The second-order valence-corrected chi connectivity index (χ2v) is 7.99. The number of carbonyl (C=O) groups is 3. The smallest absolute Gasteiger partial charge is 0.254 e. The van der Waals surface area contributed by atoms with Crippen LogP contribution in [0.25, 0.3) is 0 Å². The fourth-order valence-corrected chi connectivity index (χ4v) is 4.45. The lowest BCUT2D eigenvalue weighted by Gasteiger charge is -2.30. The number of aryl methyl sites for hydroxylation is 1. The van der Waals surface area contributed by atoms with Gasteiger partial charge in [-0.05, 0) is 60.6 Å². The van der Waals surface area contributed by atoms with Gasteiger partial charge in [0.1, 0.15) is 13.2 Å². The summed E-state index contributed by atoms with van der Waals surface area (Å²) in [5.41, 5.74) is 9.12. The summed E-state index contributed by atoms with van der Waals surface area (Å²) in [7, 11) is 1.63. The third kappa shape index (κ3) is 4.13. The number of nitrogens with two attached hydrogens (primary N) is 1. The number of hydrogen-bond donors (Lipinski definition) is 1. The molecule has 1 aliphatic carbocycles. The van der Waals surface area contributed by atoms with E-state index in [0.717, 1.165) is 43.1 Å². The van der Waals surface area contributed by atoms with Crippen LogP contribution >= 0.6 is 0 Å². The summed E-state index contributed by atoms with van der Waals surface area (Å²) in [6.45, 7) is 0.909. The van der Waals surface area contributed by atoms with Crippen molar-refractivity contribution in [3.05, 3.63) is 58.1 Å². The molecule has 0 saturated carbocycles. The van der Waals surface area contributed by atoms with Crippen molar-refractivity contribution in [3.8, 4) is 11.5 Å². The first-order valence-corrected chi connectivity index (χ1v) is 10.5. The van der Waals surface area contributed by atoms with E-state index >= 15 is 0 Å². The van der Waals surface area contributed by atoms with Crippen molar-refractivity contribution in [2.45, 2.75) is 38.1 Å². The van der Waals surface area contributed by atoms with E-state index in [9.17, 15) is 14.4 Å². The summed E-state index contributed by atoms with van der Waals surface area (Å²) in [6.07, 6.45) is 4.52. The quantitative estimate of drug-likeness (QED) is 0.722. The lowest BCUT2D eigenvalue weighted by Crippen LogP contribution is -2.35. The average molecular weight is 422 g/mol. The van der Waals surface area contributed by atoms with Gasteiger partial charge >= 0.3 is 0 Å². The summed E-state index contributed by atoms with van der Waals surface area (Å²) >= 11 is 0. The Morgan fingerprint density at radius 1 is 1.10 bits per heavy atom. The minimum atomic E-state index is -0.601. The molecule has 2 aromatic rings. The molecular formula is C24H26N2O5. The fourth-order valence-electron chi connectivity index (χ4n) is 4.45. The van der Waals surface area contributed by atoms with Gasteiger partial charge in [0.25, 0.3) is 5.91 Å². The molecule has 1 aliphatic heterocycles. The predicted molar refractivity (Wildman–Crippen MR) is 115 cm³/mol. The van der Waals surface area contributed by atoms with Gasteiger partial charge in [-0.25, -0.2) is 0 Å². The molecule has 2 aromatic carbocycles. The SMILES string of the molecule is CN(C(=O)c1ccc2c(c1C=O)CCCC2)C(CC(N)=O)c1ccc2c(c1)OCCO2. The highest BCUT2D eigenvalue weighted by Crippen LogP contribution is 2.36. The van der Waals surface area contributed by atoms with Crippen molar-refractivity contribution >= 4 is 18.1 Å². The van der Waals surface area contributed by atoms with Crippen molar-refractivity contribution in [1.29, 1.82) is 0 Å². The first-order valence-electron chi connectivity index (χ1n) is 10.5. The number of rotatable bonds is 6. The highest BCUT2D eigenvalue weighted by molar-refractivity contribution is 6.02. The van der Waals surface area contributed by atoms with Gasteiger partial charge < -0.3 is 20.1 Å². The van der Waals surface area contributed by atoms with Gasteiger partial charge in [0.2, 0.25) is 5.91 Å². The van der Waals surface area contributed by atoms with Gasteiger partial charge in [0.05, 0.1) is 18.0 Å². The topological polar surface area (TPSA) is 98.9 Å². The van der Waals surface area contributed by atoms with Crippen LogP contribution in [0.4, 0.5) is 0 Å². The Labute approximate surface area is 181 Å². The van der Waals surface area contributed by atoms with Crippen LogP contribution in [0.2, 0.25) is 0 Å². The Morgan fingerprint density at radius 3 is 2.58 bits per heavy atom. The van der Waals surface area contributed by atoms with Gasteiger partial charge in [0, 0.05) is 12.6 Å². The van der Waals surface area contributed by atoms with Crippen LogP contribution in [0.5, 0.6) is 11.5 Å². The zero-order chi connectivity index (χ0) is 22.0. The third-order valence-electron chi connectivity index (χ3n) is 6.06. The molecule has 2 N–H and O–H groups in total. The minimum Gasteiger partial charge on any atom is -0.486 e. The molecule has 1 unspecified atom stereocenters. The monoisotopic (exact) mass is 422 g/mol. The molecule has 2 amide bonds. The lowest BCUT2D eigenvalue weighted by molar-refractivity contribution is -0.119. The Hall–Kier alpha value is -3.35. The summed E-state index contributed by atoms with van der Waals surface area (Å²) in [4.78, 5) is 38.7. The number of amides is 2. The van der Waals surface area contributed by atoms with Crippen LogP contribution in [0.1, 0.15) is 62.7 Å². The Balaban J connectivity index is 1.69. The fraction of sp³-hybridized carbons (Fsp3) is 0.375. The molecule has 4 rings (SSSR count). The standard InChI is InChI=1S/C24H26N2O5/c1-26(24(29)18-8-6-15-4-2-3-5-17(15)19(18)14-27)20(13-23(25)28)16-7-9-21-22(12-16)31-11-10-30-21/h6-9,12,14,20H,2-5,10-11,13H2,1H3,(H2,25,28). The second kappa shape index (κ2) is 8.79. The molecular weight excluding hydrogens is 396 g/mol. The summed E-state index contributed by atoms with van der Waals surface area (Å²) < 4.78 is 11.2. The number of carbonyl (C=O) groups excluding carboxylic acids is 3. The molecule has 31 heavy (non-hydrogen) atoms. The summed E-state index contributed by atoms with van der Waals surface area (Å²) in [5, 5.41) is 0. The molecule has 162 valence electrons. The van der Waals surface area contributed by atoms with E-state index in [1.165, 1.54) is 4.90 Å². The number of nitrogens with zero attached hydrogens (tertiary/aromatic N) is 1. The van der Waals surface area contributed by atoms with Crippen LogP contribution in [0, 0.1) is 0 Å². The van der Waals surface area contributed by atoms with Gasteiger partial charge in [0.15, 0.2) is 17.8 Å². The first kappa shape index (κ1) is 20.9. The maximum atomic E-state index is 13.5. The Morgan fingerprint density at radius 2 is 1.84 bits per heavy atom. The predicted octanol–water partition coefficient (Wildman–Crippen LogP) is 2.84. The molecule has 0 radical (unpaired) electrons. The maximum Gasteiger partial charge on any atom is 0.254 e. The van der Waals surface area contributed by atoms with E-state index in [1.807, 2.05) is 6.07 Å². The van der Waals surface area contributed by atoms with Crippen molar-refractivity contribution in [2.75, 3.05) is 20.3 Å². The molecule has 7 heteroatoms. The molecule has 0 bridgehead atoms. The van der Waals surface area contributed by atoms with Crippen LogP contribution in [-0.2, 0) is 17.6 Å². The van der Waals surface area contributed by atoms with Crippen LogP contribution in [-0.4, -0.2) is 43.3 Å². The van der Waals surface area contributed by atoms with E-state index in [-0.39, 0.29) is 12.3 Å². The lowest BCUT2D eigenvalue weighted by atomic mass is 9.86. The Kier molecular flexibility index (Phi) is 5.93. The average Bonchev–Trinajstić information content (AvgIpc) is 2.80. The van der Waals surface area contributed by atoms with E-state index in [1.54, 1.807) is 31.3 Å². The van der Waals surface area contributed by atoms with Gasteiger partial charge in [-0.3, -0.25) is 14.4 Å². The second-order valence-electron chi connectivity index (χ2n) is 7.99. The van der Waals surface area contributed by atoms with E-state index in [2.05, 4.69) is 0 Å². The molecule has 7 nitrogen and oxygen atoms in total. The highest BCUT2D eigenvalue weighted by atomic mass is 16.6. The number of ether oxygens (including phenoxy) is 2. The number of benzene rings is 2. The minimum absolute atomic E-state index is 0.0523. The van der Waals surface area contributed by atoms with Crippen molar-refractivity contribution in [3.63, 3.8) is 0 Å². The maximum absolute atomic E-state index is 13.5. The van der Waals surface area contributed by atoms with Crippen LogP contribution in [0.3, 0.4) is 0 Å². The van der Waals surface area contributed by atoms with Gasteiger partial charge in [-0.2, -0.15) is 0 Å². The molecule has 2 aliphatic rings. The summed E-state index contributed by atoms with van der Waals surface area (Å²) in [6, 6.07) is 8.41. The zero-order valence-corrected chi connectivity index (χ0v) is 17.6. The number of fused-ring (bicyclic) bond motifs is 2. The third-order valence-corrected chi connectivity index (χ3v) is 6.06. The molecule has 0 fully saturated rings. The van der Waals surface area contributed by atoms with E-state index in [0.29, 0.717) is 41.4 Å². The first-order chi connectivity index (χ1) is 15.0. The van der Waals surface area contributed by atoms with Crippen molar-refractivity contribution < 1.29 is 23.9 Å². The van der Waals surface area contributed by atoms with Crippen LogP contribution < -0.4 is 15.2 Å². The van der Waals surface area contributed by atoms with Gasteiger partial charge in [-0.15, -0.1) is 0 Å². The largest absolute Gasteiger partial charge is 0.486 e. The number of hydrogen-bond acceptors (Lipinski definition) is 5. The van der Waals surface area contributed by atoms with Crippen molar-refractivity contribution in [2.24, 2.45) is 5.73 Å².